The molecule has 3 nitrogen and oxygen atoms in total. The highest BCUT2D eigenvalue weighted by molar-refractivity contribution is 7.80. The maximum atomic E-state index is 5.06. The molecule has 0 aromatic carbocycles. The summed E-state index contributed by atoms with van der Waals surface area (Å²) in [4.78, 5) is 3.79. The Bertz CT molecular complexity index is 87.3. The number of aliphatic imine (C=N–C) groups is 1. The first-order chi connectivity index (χ1) is 3.66. The van der Waals surface area contributed by atoms with Gasteiger partial charge in [0.1, 0.15) is 0 Å². The third-order valence-electron chi connectivity index (χ3n) is 0.634. The van der Waals surface area contributed by atoms with Gasteiger partial charge in [-0.2, -0.15) is 12.6 Å². The van der Waals surface area contributed by atoms with Crippen LogP contribution in [-0.4, -0.2) is 17.8 Å². The van der Waals surface area contributed by atoms with Crippen LogP contribution in [0.1, 0.15) is 6.92 Å². The van der Waals surface area contributed by atoms with E-state index in [1.807, 2.05) is 6.92 Å². The fourth-order valence-corrected chi connectivity index (χ4v) is 0.377. The summed E-state index contributed by atoms with van der Waals surface area (Å²) < 4.78 is 0. The van der Waals surface area contributed by atoms with Gasteiger partial charge >= 0.3 is 0 Å². The molecule has 0 bridgehead atoms. The summed E-state index contributed by atoms with van der Waals surface area (Å²) in [5.41, 5.74) is 10.1. The lowest BCUT2D eigenvalue weighted by molar-refractivity contribution is 0.847. The van der Waals surface area contributed by atoms with Crippen molar-refractivity contribution in [2.75, 3.05) is 5.75 Å². The molecule has 0 aromatic heterocycles. The summed E-state index contributed by atoms with van der Waals surface area (Å²) in [5.74, 6) is 0.810. The van der Waals surface area contributed by atoms with Gasteiger partial charge < -0.3 is 11.5 Å². The number of hydrogen-bond acceptors (Lipinski definition) is 2. The number of rotatable bonds is 2. The zero-order valence-corrected chi connectivity index (χ0v) is 5.73. The van der Waals surface area contributed by atoms with E-state index in [0.29, 0.717) is 5.75 Å². The van der Waals surface area contributed by atoms with Crippen LogP contribution in [0.15, 0.2) is 4.99 Å². The molecule has 0 amide bonds. The Kier molecular flexibility index (Phi) is 3.43. The van der Waals surface area contributed by atoms with Crippen molar-refractivity contribution in [1.82, 2.24) is 0 Å². The maximum Gasteiger partial charge on any atom is 0.186 e. The van der Waals surface area contributed by atoms with Crippen LogP contribution in [0.3, 0.4) is 0 Å². The van der Waals surface area contributed by atoms with E-state index in [1.165, 1.54) is 0 Å². The van der Waals surface area contributed by atoms with Crippen molar-refractivity contribution in [3.05, 3.63) is 0 Å². The van der Waals surface area contributed by atoms with Gasteiger partial charge in [-0.1, -0.05) is 0 Å². The van der Waals surface area contributed by atoms with Crippen LogP contribution in [0.25, 0.3) is 0 Å². The highest BCUT2D eigenvalue weighted by Crippen LogP contribution is 1.89. The van der Waals surface area contributed by atoms with Gasteiger partial charge in [-0.05, 0) is 6.92 Å². The Morgan fingerprint density at radius 3 is 2.38 bits per heavy atom. The summed E-state index contributed by atoms with van der Waals surface area (Å²) in [6.45, 7) is 1.90. The standard InChI is InChI=1S/C4H11N3S/c1-3(2-8)7-4(5)6/h3,8H,2H2,1H3,(H4,5,6,7). The molecule has 0 aromatic rings. The van der Waals surface area contributed by atoms with E-state index in [1.54, 1.807) is 0 Å². The van der Waals surface area contributed by atoms with Gasteiger partial charge in [-0.25, -0.2) is 4.99 Å². The van der Waals surface area contributed by atoms with Crippen LogP contribution in [0.5, 0.6) is 0 Å². The second kappa shape index (κ2) is 3.60. The first-order valence-corrected chi connectivity index (χ1v) is 2.99. The van der Waals surface area contributed by atoms with Gasteiger partial charge in [-0.3, -0.25) is 0 Å². The van der Waals surface area contributed by atoms with Crippen LogP contribution in [0.4, 0.5) is 0 Å². The molecule has 0 rings (SSSR count). The van der Waals surface area contributed by atoms with Crippen LogP contribution >= 0.6 is 12.6 Å². The lowest BCUT2D eigenvalue weighted by atomic mass is 10.4. The van der Waals surface area contributed by atoms with E-state index < -0.39 is 0 Å². The fourth-order valence-electron chi connectivity index (χ4n) is 0.295. The lowest BCUT2D eigenvalue weighted by Gasteiger charge is -1.98. The smallest absolute Gasteiger partial charge is 0.186 e. The zero-order valence-electron chi connectivity index (χ0n) is 4.83. The quantitative estimate of drug-likeness (QED) is 0.272. The van der Waals surface area contributed by atoms with E-state index in [4.69, 9.17) is 11.5 Å². The molecule has 0 heterocycles. The van der Waals surface area contributed by atoms with Crippen molar-refractivity contribution in [3.63, 3.8) is 0 Å². The molecule has 8 heavy (non-hydrogen) atoms. The average Bonchev–Trinajstić information content (AvgIpc) is 1.65. The van der Waals surface area contributed by atoms with E-state index in [0.717, 1.165) is 0 Å². The molecule has 48 valence electrons. The van der Waals surface area contributed by atoms with Crippen molar-refractivity contribution in [1.29, 1.82) is 0 Å². The van der Waals surface area contributed by atoms with Crippen LogP contribution < -0.4 is 11.5 Å². The third kappa shape index (κ3) is 3.80. The highest BCUT2D eigenvalue weighted by atomic mass is 32.1. The van der Waals surface area contributed by atoms with E-state index in [-0.39, 0.29) is 12.0 Å². The second-order valence-corrected chi connectivity index (χ2v) is 1.95. The molecular weight excluding hydrogens is 122 g/mol. The minimum atomic E-state index is 0.128. The molecule has 4 N–H and O–H groups in total. The van der Waals surface area contributed by atoms with Crippen molar-refractivity contribution in [3.8, 4) is 0 Å². The molecule has 0 aliphatic heterocycles. The number of nitrogens with two attached hydrogens (primary N) is 2. The first-order valence-electron chi connectivity index (χ1n) is 2.36. The molecular formula is C4H11N3S. The van der Waals surface area contributed by atoms with Gasteiger partial charge in [0.25, 0.3) is 0 Å². The maximum absolute atomic E-state index is 5.06. The molecule has 0 fully saturated rings. The molecule has 0 aliphatic rings. The van der Waals surface area contributed by atoms with Crippen molar-refractivity contribution >= 4 is 18.6 Å². The average molecular weight is 133 g/mol. The van der Waals surface area contributed by atoms with E-state index in [9.17, 15) is 0 Å². The largest absolute Gasteiger partial charge is 0.370 e. The van der Waals surface area contributed by atoms with Crippen molar-refractivity contribution < 1.29 is 0 Å². The number of guanidine groups is 1. The minimum absolute atomic E-state index is 0.128. The Hall–Kier alpha value is -0.380. The summed E-state index contributed by atoms with van der Waals surface area (Å²) in [7, 11) is 0. The Morgan fingerprint density at radius 2 is 2.25 bits per heavy atom. The molecule has 0 saturated carbocycles. The fraction of sp³-hybridized carbons (Fsp3) is 0.750. The topological polar surface area (TPSA) is 64.4 Å². The van der Waals surface area contributed by atoms with Gasteiger partial charge in [0.15, 0.2) is 5.96 Å². The predicted molar refractivity (Wildman–Crippen MR) is 39.1 cm³/mol. The summed E-state index contributed by atoms with van der Waals surface area (Å²) in [5, 5.41) is 0. The van der Waals surface area contributed by atoms with Crippen LogP contribution in [0, 0.1) is 0 Å². The number of thiol groups is 1. The summed E-state index contributed by atoms with van der Waals surface area (Å²) >= 11 is 3.97. The second-order valence-electron chi connectivity index (χ2n) is 1.59. The molecule has 0 aliphatic carbocycles. The molecule has 0 saturated heterocycles. The predicted octanol–water partition coefficient (Wildman–Crippen LogP) is -0.422. The monoisotopic (exact) mass is 133 g/mol. The van der Waals surface area contributed by atoms with Crippen molar-refractivity contribution in [2.45, 2.75) is 13.0 Å². The molecule has 0 radical (unpaired) electrons. The number of nitrogens with zero attached hydrogens (tertiary/aromatic N) is 1. The molecule has 1 unspecified atom stereocenters. The Labute approximate surface area is 54.6 Å². The Balaban J connectivity index is 3.51. The summed E-state index contributed by atoms with van der Waals surface area (Å²) in [6, 6.07) is 0.128. The Morgan fingerprint density at radius 1 is 1.75 bits per heavy atom. The SMILES string of the molecule is CC(CS)N=C(N)N. The normalized spacial score (nSPS) is 12.8. The van der Waals surface area contributed by atoms with Gasteiger partial charge in [0, 0.05) is 5.75 Å². The van der Waals surface area contributed by atoms with Gasteiger partial charge in [0.2, 0.25) is 0 Å². The molecule has 0 spiro atoms. The summed E-state index contributed by atoms with van der Waals surface area (Å²) in [6.07, 6.45) is 0. The van der Waals surface area contributed by atoms with Crippen molar-refractivity contribution in [2.24, 2.45) is 16.5 Å². The first kappa shape index (κ1) is 7.62. The molecule has 4 heteroatoms. The lowest BCUT2D eigenvalue weighted by Crippen LogP contribution is -2.25. The number of hydrogen-bond donors (Lipinski definition) is 3. The zero-order chi connectivity index (χ0) is 6.57. The van der Waals surface area contributed by atoms with E-state index >= 15 is 0 Å². The van der Waals surface area contributed by atoms with Gasteiger partial charge in [-0.15, -0.1) is 0 Å². The molecule has 1 atom stereocenters. The third-order valence-corrected chi connectivity index (χ3v) is 1.16. The van der Waals surface area contributed by atoms with Gasteiger partial charge in [0.05, 0.1) is 6.04 Å². The van der Waals surface area contributed by atoms with E-state index in [2.05, 4.69) is 17.6 Å². The van der Waals surface area contributed by atoms with Crippen LogP contribution in [-0.2, 0) is 0 Å². The van der Waals surface area contributed by atoms with Crippen LogP contribution in [0.2, 0.25) is 0 Å². The highest BCUT2D eigenvalue weighted by Gasteiger charge is 1.92. The minimum Gasteiger partial charge on any atom is -0.370 e.